The Balaban J connectivity index is 0.00000261. The first-order valence-electron chi connectivity index (χ1n) is 8.69. The third kappa shape index (κ3) is 4.86. The van der Waals surface area contributed by atoms with E-state index < -0.39 is 0 Å². The molecule has 0 N–H and O–H groups in total. The molecule has 0 fully saturated rings. The molecule has 1 amide bonds. The highest BCUT2D eigenvalue weighted by molar-refractivity contribution is 7.22. The second-order valence-electron chi connectivity index (χ2n) is 6.91. The van der Waals surface area contributed by atoms with Crippen molar-refractivity contribution in [2.24, 2.45) is 7.05 Å². The maximum Gasteiger partial charge on any atom is 0.280 e. The Morgan fingerprint density at radius 2 is 1.96 bits per heavy atom. The lowest BCUT2D eigenvalue weighted by atomic mass is 10.1. The van der Waals surface area contributed by atoms with Crippen molar-refractivity contribution in [2.45, 2.75) is 20.3 Å². The number of carbonyl (C=O) groups is 1. The van der Waals surface area contributed by atoms with Crippen LogP contribution >= 0.6 is 23.7 Å². The lowest BCUT2D eigenvalue weighted by Gasteiger charge is -2.20. The molecule has 0 aliphatic carbocycles. The zero-order valence-corrected chi connectivity index (χ0v) is 18.0. The number of thiazole rings is 1. The van der Waals surface area contributed by atoms with Crippen LogP contribution in [0.15, 0.2) is 24.4 Å². The molecule has 0 aliphatic rings. The van der Waals surface area contributed by atoms with Crippen molar-refractivity contribution in [3.8, 4) is 0 Å². The molecule has 146 valence electrons. The molecule has 3 rings (SSSR count). The molecule has 1 aromatic carbocycles. The van der Waals surface area contributed by atoms with Crippen LogP contribution in [0.1, 0.15) is 28.0 Å². The van der Waals surface area contributed by atoms with Crippen LogP contribution in [0.2, 0.25) is 0 Å². The van der Waals surface area contributed by atoms with Crippen LogP contribution in [-0.4, -0.2) is 52.8 Å². The molecule has 0 saturated carbocycles. The minimum atomic E-state index is -0.0993. The predicted molar refractivity (Wildman–Crippen MR) is 114 cm³/mol. The first-order valence-corrected chi connectivity index (χ1v) is 9.51. The molecule has 8 heteroatoms. The molecule has 2 aromatic heterocycles. The fraction of sp³-hybridized carbons (Fsp3) is 0.421. The van der Waals surface area contributed by atoms with Crippen molar-refractivity contribution in [3.05, 3.63) is 41.2 Å². The van der Waals surface area contributed by atoms with E-state index in [0.717, 1.165) is 33.9 Å². The number of hydrogen-bond donors (Lipinski definition) is 0. The van der Waals surface area contributed by atoms with E-state index in [-0.39, 0.29) is 18.3 Å². The molecule has 3 aromatic rings. The summed E-state index contributed by atoms with van der Waals surface area (Å²) in [4.78, 5) is 21.7. The second kappa shape index (κ2) is 8.82. The number of halogens is 1. The Morgan fingerprint density at radius 3 is 2.59 bits per heavy atom. The summed E-state index contributed by atoms with van der Waals surface area (Å²) in [7, 11) is 5.89. The molecule has 6 nitrogen and oxygen atoms in total. The number of aromatic nitrogens is 3. The van der Waals surface area contributed by atoms with E-state index >= 15 is 0 Å². The lowest BCUT2D eigenvalue weighted by Crippen LogP contribution is -2.33. The van der Waals surface area contributed by atoms with Crippen molar-refractivity contribution in [3.63, 3.8) is 0 Å². The quantitative estimate of drug-likeness (QED) is 0.625. The monoisotopic (exact) mass is 407 g/mol. The Hall–Kier alpha value is -1.96. The molecule has 0 aliphatic heterocycles. The number of fused-ring (bicyclic) bond motifs is 1. The van der Waals surface area contributed by atoms with Crippen molar-refractivity contribution in [1.82, 2.24) is 19.7 Å². The maximum absolute atomic E-state index is 13.1. The molecule has 2 heterocycles. The summed E-state index contributed by atoms with van der Waals surface area (Å²) in [6, 6.07) is 6.01. The predicted octanol–water partition coefficient (Wildman–Crippen LogP) is 3.67. The van der Waals surface area contributed by atoms with Crippen molar-refractivity contribution in [2.75, 3.05) is 32.1 Å². The smallest absolute Gasteiger partial charge is 0.280 e. The summed E-state index contributed by atoms with van der Waals surface area (Å²) in [6.45, 7) is 5.68. The highest BCUT2D eigenvalue weighted by atomic mass is 35.5. The Kier molecular flexibility index (Phi) is 6.97. The van der Waals surface area contributed by atoms with Gasteiger partial charge in [-0.3, -0.25) is 14.4 Å². The summed E-state index contributed by atoms with van der Waals surface area (Å²) in [6.07, 6.45) is 2.66. The average molecular weight is 408 g/mol. The van der Waals surface area contributed by atoms with Crippen LogP contribution in [-0.2, 0) is 7.05 Å². The minimum Gasteiger partial charge on any atom is -0.309 e. The van der Waals surface area contributed by atoms with Crippen LogP contribution in [0.3, 0.4) is 0 Å². The summed E-state index contributed by atoms with van der Waals surface area (Å²) in [5.41, 5.74) is 3.77. The fourth-order valence-corrected chi connectivity index (χ4v) is 4.14. The molecule has 27 heavy (non-hydrogen) atoms. The van der Waals surface area contributed by atoms with E-state index in [1.807, 2.05) is 21.1 Å². The normalized spacial score (nSPS) is 11.0. The van der Waals surface area contributed by atoms with Crippen LogP contribution in [0.4, 0.5) is 5.13 Å². The maximum atomic E-state index is 13.1. The average Bonchev–Trinajstić information content (AvgIpc) is 3.17. The van der Waals surface area contributed by atoms with Gasteiger partial charge in [-0.15, -0.1) is 12.4 Å². The number of benzene rings is 1. The van der Waals surface area contributed by atoms with E-state index in [1.54, 1.807) is 33.2 Å². The minimum absolute atomic E-state index is 0. The molecule has 0 radical (unpaired) electrons. The number of aryl methyl sites for hydroxylation is 3. The fourth-order valence-electron chi connectivity index (χ4n) is 2.97. The van der Waals surface area contributed by atoms with Crippen LogP contribution < -0.4 is 4.90 Å². The van der Waals surface area contributed by atoms with E-state index in [9.17, 15) is 4.79 Å². The topological polar surface area (TPSA) is 54.3 Å². The number of rotatable bonds is 6. The lowest BCUT2D eigenvalue weighted by molar-refractivity contribution is 0.0980. The molecule has 0 spiro atoms. The third-order valence-corrected chi connectivity index (χ3v) is 5.24. The first kappa shape index (κ1) is 21.3. The van der Waals surface area contributed by atoms with Gasteiger partial charge in [0.2, 0.25) is 0 Å². The molecular weight excluding hydrogens is 382 g/mol. The number of anilines is 1. The van der Waals surface area contributed by atoms with E-state index in [1.165, 1.54) is 5.56 Å². The zero-order chi connectivity index (χ0) is 18.8. The SMILES string of the molecule is Cc1cc(C)c2nc(N(CCCN(C)C)C(=O)c3ccn(C)n3)sc2c1.Cl. The molecule has 0 unspecified atom stereocenters. The summed E-state index contributed by atoms with van der Waals surface area (Å²) >= 11 is 1.57. The summed E-state index contributed by atoms with van der Waals surface area (Å²) < 4.78 is 2.76. The number of carbonyl (C=O) groups excluding carboxylic acids is 1. The van der Waals surface area contributed by atoms with Crippen LogP contribution in [0.5, 0.6) is 0 Å². The van der Waals surface area contributed by atoms with Crippen LogP contribution in [0, 0.1) is 13.8 Å². The van der Waals surface area contributed by atoms with Gasteiger partial charge in [-0.05, 0) is 64.2 Å². The summed E-state index contributed by atoms with van der Waals surface area (Å²) in [5.74, 6) is -0.0993. The molecule has 0 atom stereocenters. The highest BCUT2D eigenvalue weighted by Crippen LogP contribution is 2.32. The zero-order valence-electron chi connectivity index (χ0n) is 16.4. The van der Waals surface area contributed by atoms with Gasteiger partial charge < -0.3 is 4.90 Å². The van der Waals surface area contributed by atoms with E-state index in [0.29, 0.717) is 12.2 Å². The first-order chi connectivity index (χ1) is 12.3. The molecule has 0 bridgehead atoms. The molecular formula is C19H26ClN5OS. The van der Waals surface area contributed by atoms with Gasteiger partial charge in [-0.2, -0.15) is 5.10 Å². The van der Waals surface area contributed by atoms with Gasteiger partial charge in [0, 0.05) is 19.8 Å². The Labute approximate surface area is 170 Å². The van der Waals surface area contributed by atoms with Gasteiger partial charge >= 0.3 is 0 Å². The van der Waals surface area contributed by atoms with Gasteiger partial charge in [0.25, 0.3) is 5.91 Å². The largest absolute Gasteiger partial charge is 0.309 e. The number of amides is 1. The van der Waals surface area contributed by atoms with E-state index in [4.69, 9.17) is 4.98 Å². The second-order valence-corrected chi connectivity index (χ2v) is 7.92. The number of nitrogens with zero attached hydrogens (tertiary/aromatic N) is 5. The van der Waals surface area contributed by atoms with Gasteiger partial charge in [0.05, 0.1) is 10.2 Å². The van der Waals surface area contributed by atoms with Crippen molar-refractivity contribution >= 4 is 45.0 Å². The number of hydrogen-bond acceptors (Lipinski definition) is 5. The highest BCUT2D eigenvalue weighted by Gasteiger charge is 2.23. The van der Waals surface area contributed by atoms with Gasteiger partial charge in [-0.25, -0.2) is 4.98 Å². The molecule has 0 saturated heterocycles. The third-order valence-electron chi connectivity index (χ3n) is 4.21. The van der Waals surface area contributed by atoms with Gasteiger partial charge in [0.1, 0.15) is 0 Å². The van der Waals surface area contributed by atoms with E-state index in [2.05, 4.69) is 36.0 Å². The van der Waals surface area contributed by atoms with Crippen molar-refractivity contribution in [1.29, 1.82) is 0 Å². The van der Waals surface area contributed by atoms with Gasteiger partial charge in [0.15, 0.2) is 10.8 Å². The van der Waals surface area contributed by atoms with Crippen molar-refractivity contribution < 1.29 is 4.79 Å². The summed E-state index contributed by atoms with van der Waals surface area (Å²) in [5, 5.41) is 5.02. The van der Waals surface area contributed by atoms with Gasteiger partial charge in [-0.1, -0.05) is 17.4 Å². The Bertz CT molecular complexity index is 933. The Morgan fingerprint density at radius 1 is 1.22 bits per heavy atom. The van der Waals surface area contributed by atoms with Crippen LogP contribution in [0.25, 0.3) is 10.2 Å². The standard InChI is InChI=1S/C19H25N5OS.ClH/c1-13-11-14(2)17-16(12-13)26-19(20-17)24(9-6-8-22(3)4)18(25)15-7-10-23(5)21-15;/h7,10-12H,6,8-9H2,1-5H3;1H.